The second kappa shape index (κ2) is 4.80. The SMILES string of the molecule is Cc1ccc(S(=O)(=O)N2C=CCc3ccccc32)cc1. The molecule has 20 heavy (non-hydrogen) atoms. The molecule has 0 atom stereocenters. The van der Waals surface area contributed by atoms with E-state index in [0.717, 1.165) is 23.2 Å². The Morgan fingerprint density at radius 1 is 1.00 bits per heavy atom. The molecule has 102 valence electrons. The van der Waals surface area contributed by atoms with Crippen LogP contribution in [0.1, 0.15) is 11.1 Å². The first-order chi connectivity index (χ1) is 9.59. The zero-order valence-electron chi connectivity index (χ0n) is 11.2. The molecule has 0 bridgehead atoms. The summed E-state index contributed by atoms with van der Waals surface area (Å²) in [6, 6.07) is 14.5. The van der Waals surface area contributed by atoms with Gasteiger partial charge in [-0.25, -0.2) is 12.7 Å². The molecule has 2 aromatic rings. The molecule has 2 aromatic carbocycles. The van der Waals surface area contributed by atoms with Crippen molar-refractivity contribution in [1.29, 1.82) is 0 Å². The van der Waals surface area contributed by atoms with Gasteiger partial charge >= 0.3 is 0 Å². The summed E-state index contributed by atoms with van der Waals surface area (Å²) in [5.41, 5.74) is 2.79. The summed E-state index contributed by atoms with van der Waals surface area (Å²) in [7, 11) is -3.55. The minimum Gasteiger partial charge on any atom is -0.242 e. The summed E-state index contributed by atoms with van der Waals surface area (Å²) in [4.78, 5) is 0.310. The van der Waals surface area contributed by atoms with Crippen LogP contribution < -0.4 is 4.31 Å². The first-order valence-electron chi connectivity index (χ1n) is 6.45. The first-order valence-corrected chi connectivity index (χ1v) is 7.89. The molecule has 3 nitrogen and oxygen atoms in total. The lowest BCUT2D eigenvalue weighted by atomic mass is 10.1. The fraction of sp³-hybridized carbons (Fsp3) is 0.125. The number of hydrogen-bond acceptors (Lipinski definition) is 2. The van der Waals surface area contributed by atoms with Crippen molar-refractivity contribution < 1.29 is 8.42 Å². The van der Waals surface area contributed by atoms with Gasteiger partial charge in [-0.3, -0.25) is 0 Å². The number of aryl methyl sites for hydroxylation is 1. The van der Waals surface area contributed by atoms with E-state index in [4.69, 9.17) is 0 Å². The molecule has 0 amide bonds. The monoisotopic (exact) mass is 285 g/mol. The summed E-state index contributed by atoms with van der Waals surface area (Å²) in [5.74, 6) is 0. The van der Waals surface area contributed by atoms with Gasteiger partial charge in [0.05, 0.1) is 10.6 Å². The average molecular weight is 285 g/mol. The van der Waals surface area contributed by atoms with E-state index in [2.05, 4.69) is 0 Å². The van der Waals surface area contributed by atoms with Crippen molar-refractivity contribution in [2.24, 2.45) is 0 Å². The van der Waals surface area contributed by atoms with Crippen molar-refractivity contribution in [1.82, 2.24) is 0 Å². The topological polar surface area (TPSA) is 37.4 Å². The number of hydrogen-bond donors (Lipinski definition) is 0. The van der Waals surface area contributed by atoms with Crippen LogP contribution in [-0.4, -0.2) is 8.42 Å². The van der Waals surface area contributed by atoms with Gasteiger partial charge in [0.15, 0.2) is 0 Å². The molecule has 0 spiro atoms. The second-order valence-electron chi connectivity index (χ2n) is 4.83. The van der Waals surface area contributed by atoms with Crippen molar-refractivity contribution in [2.45, 2.75) is 18.2 Å². The van der Waals surface area contributed by atoms with Crippen LogP contribution in [-0.2, 0) is 16.4 Å². The van der Waals surface area contributed by atoms with Crippen LogP contribution in [0.2, 0.25) is 0 Å². The molecule has 1 heterocycles. The molecule has 0 aliphatic carbocycles. The highest BCUT2D eigenvalue weighted by molar-refractivity contribution is 7.93. The van der Waals surface area contributed by atoms with Crippen LogP contribution in [0.25, 0.3) is 0 Å². The lowest BCUT2D eigenvalue weighted by Crippen LogP contribution is -2.28. The zero-order chi connectivity index (χ0) is 14.2. The number of allylic oxidation sites excluding steroid dienone is 1. The zero-order valence-corrected chi connectivity index (χ0v) is 12.0. The Kier molecular flexibility index (Phi) is 3.10. The van der Waals surface area contributed by atoms with Gasteiger partial charge in [0.2, 0.25) is 0 Å². The van der Waals surface area contributed by atoms with Gasteiger partial charge in [0.25, 0.3) is 10.0 Å². The van der Waals surface area contributed by atoms with Gasteiger partial charge in [0, 0.05) is 6.20 Å². The van der Waals surface area contributed by atoms with E-state index in [0.29, 0.717) is 4.90 Å². The molecule has 0 saturated heterocycles. The second-order valence-corrected chi connectivity index (χ2v) is 6.65. The van der Waals surface area contributed by atoms with E-state index < -0.39 is 10.0 Å². The van der Waals surface area contributed by atoms with Gasteiger partial charge in [-0.1, -0.05) is 42.0 Å². The molecule has 0 fully saturated rings. The number of rotatable bonds is 2. The fourth-order valence-corrected chi connectivity index (χ4v) is 3.68. The molecule has 4 heteroatoms. The largest absolute Gasteiger partial charge is 0.268 e. The van der Waals surface area contributed by atoms with Crippen LogP contribution in [0.4, 0.5) is 5.69 Å². The summed E-state index contributed by atoms with van der Waals surface area (Å²) in [6.45, 7) is 1.94. The summed E-state index contributed by atoms with van der Waals surface area (Å²) in [6.07, 6.45) is 4.27. The molecule has 1 aliphatic rings. The van der Waals surface area contributed by atoms with Crippen molar-refractivity contribution in [2.75, 3.05) is 4.31 Å². The maximum Gasteiger partial charge on any atom is 0.268 e. The summed E-state index contributed by atoms with van der Waals surface area (Å²) < 4.78 is 26.8. The van der Waals surface area contributed by atoms with E-state index in [1.165, 1.54) is 4.31 Å². The molecule has 3 rings (SSSR count). The molecule has 0 N–H and O–H groups in total. The third kappa shape index (κ3) is 2.12. The van der Waals surface area contributed by atoms with Crippen LogP contribution >= 0.6 is 0 Å². The molecule has 0 saturated carbocycles. The maximum atomic E-state index is 12.7. The van der Waals surface area contributed by atoms with E-state index >= 15 is 0 Å². The normalized spacial score (nSPS) is 14.2. The lowest BCUT2D eigenvalue weighted by molar-refractivity contribution is 0.595. The van der Waals surface area contributed by atoms with E-state index in [1.807, 2.05) is 49.4 Å². The van der Waals surface area contributed by atoms with Gasteiger partial charge in [-0.2, -0.15) is 0 Å². The predicted octanol–water partition coefficient (Wildman–Crippen LogP) is 3.26. The van der Waals surface area contributed by atoms with Crippen molar-refractivity contribution in [3.05, 3.63) is 71.9 Å². The van der Waals surface area contributed by atoms with Crippen LogP contribution in [0, 0.1) is 6.92 Å². The number of fused-ring (bicyclic) bond motifs is 1. The average Bonchev–Trinajstić information content (AvgIpc) is 2.47. The smallest absolute Gasteiger partial charge is 0.242 e. The van der Waals surface area contributed by atoms with E-state index in [1.54, 1.807) is 18.3 Å². The Labute approximate surface area is 119 Å². The lowest BCUT2D eigenvalue weighted by Gasteiger charge is -2.25. The molecule has 0 aromatic heterocycles. The third-order valence-electron chi connectivity index (χ3n) is 3.39. The van der Waals surface area contributed by atoms with Crippen LogP contribution in [0.5, 0.6) is 0 Å². The minimum absolute atomic E-state index is 0.310. The Morgan fingerprint density at radius 2 is 1.70 bits per heavy atom. The van der Waals surface area contributed by atoms with Gasteiger partial charge < -0.3 is 0 Å². The highest BCUT2D eigenvalue weighted by atomic mass is 32.2. The number of anilines is 1. The van der Waals surface area contributed by atoms with Gasteiger partial charge in [-0.15, -0.1) is 0 Å². The predicted molar refractivity (Wildman–Crippen MR) is 80.1 cm³/mol. The third-order valence-corrected chi connectivity index (χ3v) is 5.09. The number of sulfonamides is 1. The number of nitrogens with zero attached hydrogens (tertiary/aromatic N) is 1. The van der Waals surface area contributed by atoms with Crippen molar-refractivity contribution in [3.63, 3.8) is 0 Å². The highest BCUT2D eigenvalue weighted by Gasteiger charge is 2.26. The Balaban J connectivity index is 2.10. The summed E-state index contributed by atoms with van der Waals surface area (Å²) in [5, 5.41) is 0. The van der Waals surface area contributed by atoms with Crippen molar-refractivity contribution >= 4 is 15.7 Å². The fourth-order valence-electron chi connectivity index (χ4n) is 2.29. The summed E-state index contributed by atoms with van der Waals surface area (Å²) >= 11 is 0. The van der Waals surface area contributed by atoms with Crippen LogP contribution in [0.3, 0.4) is 0 Å². The standard InChI is InChI=1S/C16H15NO2S/c1-13-8-10-15(11-9-13)20(18,19)17-12-4-6-14-5-2-3-7-16(14)17/h2-5,7-12H,6H2,1H3. The Morgan fingerprint density at radius 3 is 2.45 bits per heavy atom. The Hall–Kier alpha value is -2.07. The van der Waals surface area contributed by atoms with E-state index in [-0.39, 0.29) is 0 Å². The number of para-hydroxylation sites is 1. The van der Waals surface area contributed by atoms with Gasteiger partial charge in [-0.05, 0) is 37.1 Å². The molecule has 0 radical (unpaired) electrons. The molecule has 0 unspecified atom stereocenters. The van der Waals surface area contributed by atoms with Crippen LogP contribution in [0.15, 0.2) is 65.7 Å². The van der Waals surface area contributed by atoms with Gasteiger partial charge in [0.1, 0.15) is 0 Å². The molecular weight excluding hydrogens is 270 g/mol. The minimum atomic E-state index is -3.55. The first kappa shape index (κ1) is 12.9. The number of benzene rings is 2. The highest BCUT2D eigenvalue weighted by Crippen LogP contribution is 2.30. The van der Waals surface area contributed by atoms with E-state index in [9.17, 15) is 8.42 Å². The quantitative estimate of drug-likeness (QED) is 0.849. The Bertz CT molecular complexity index is 761. The van der Waals surface area contributed by atoms with Crippen molar-refractivity contribution in [3.8, 4) is 0 Å². The molecule has 1 aliphatic heterocycles. The maximum absolute atomic E-state index is 12.7. The molecular formula is C16H15NO2S.